The van der Waals surface area contributed by atoms with Gasteiger partial charge in [-0.25, -0.2) is 4.79 Å². The summed E-state index contributed by atoms with van der Waals surface area (Å²) in [5.74, 6) is -0.991. The van der Waals surface area contributed by atoms with Crippen molar-refractivity contribution in [1.82, 2.24) is 0 Å². The van der Waals surface area contributed by atoms with E-state index in [4.69, 9.17) is 14.6 Å². The maximum atomic E-state index is 11.8. The Labute approximate surface area is 108 Å². The molecule has 0 aliphatic carbocycles. The highest BCUT2D eigenvalue weighted by molar-refractivity contribution is 5.86. The van der Waals surface area contributed by atoms with E-state index in [9.17, 15) is 9.59 Å². The first-order valence-electron chi connectivity index (χ1n) is 5.89. The zero-order valence-corrected chi connectivity index (χ0v) is 11.5. The SMILES string of the molecule is C=C(C)C(=O)OCC(CO)OC(=O)C(C)(C)CC. The van der Waals surface area contributed by atoms with Crippen molar-refractivity contribution in [3.05, 3.63) is 12.2 Å². The van der Waals surface area contributed by atoms with Gasteiger partial charge in [-0.05, 0) is 27.2 Å². The number of carbonyl (C=O) groups excluding carboxylic acids is 2. The Balaban J connectivity index is 4.32. The summed E-state index contributed by atoms with van der Waals surface area (Å²) in [4.78, 5) is 22.9. The van der Waals surface area contributed by atoms with Crippen LogP contribution in [-0.4, -0.2) is 36.4 Å². The molecule has 0 aromatic heterocycles. The van der Waals surface area contributed by atoms with Gasteiger partial charge < -0.3 is 14.6 Å². The molecule has 0 aliphatic rings. The molecule has 0 aliphatic heterocycles. The van der Waals surface area contributed by atoms with Gasteiger partial charge in [-0.1, -0.05) is 13.5 Å². The maximum absolute atomic E-state index is 11.8. The predicted molar refractivity (Wildman–Crippen MR) is 66.8 cm³/mol. The lowest BCUT2D eigenvalue weighted by Crippen LogP contribution is -2.34. The zero-order valence-electron chi connectivity index (χ0n) is 11.5. The minimum atomic E-state index is -0.841. The molecule has 0 fully saturated rings. The summed E-state index contributed by atoms with van der Waals surface area (Å²) >= 11 is 0. The zero-order chi connectivity index (χ0) is 14.3. The van der Waals surface area contributed by atoms with Crippen molar-refractivity contribution in [3.8, 4) is 0 Å². The van der Waals surface area contributed by atoms with Crippen LogP contribution in [0.2, 0.25) is 0 Å². The van der Waals surface area contributed by atoms with E-state index in [0.717, 1.165) is 0 Å². The van der Waals surface area contributed by atoms with Crippen LogP contribution in [0, 0.1) is 5.41 Å². The second kappa shape index (κ2) is 7.16. The molecule has 0 saturated heterocycles. The highest BCUT2D eigenvalue weighted by Crippen LogP contribution is 2.22. The predicted octanol–water partition coefficient (Wildman–Crippen LogP) is 1.45. The first kappa shape index (κ1) is 16.6. The van der Waals surface area contributed by atoms with Gasteiger partial charge in [0.25, 0.3) is 0 Å². The topological polar surface area (TPSA) is 72.8 Å². The van der Waals surface area contributed by atoms with Crippen LogP contribution in [0.1, 0.15) is 34.1 Å². The number of rotatable bonds is 7. The Morgan fingerprint density at radius 1 is 1.39 bits per heavy atom. The smallest absolute Gasteiger partial charge is 0.333 e. The van der Waals surface area contributed by atoms with Gasteiger partial charge in [0.1, 0.15) is 6.61 Å². The third-order valence-corrected chi connectivity index (χ3v) is 2.66. The summed E-state index contributed by atoms with van der Waals surface area (Å²) < 4.78 is 9.92. The molecule has 0 aromatic carbocycles. The molecule has 5 nitrogen and oxygen atoms in total. The number of hydrogen-bond donors (Lipinski definition) is 1. The van der Waals surface area contributed by atoms with Gasteiger partial charge in [0.05, 0.1) is 12.0 Å². The Morgan fingerprint density at radius 3 is 2.33 bits per heavy atom. The van der Waals surface area contributed by atoms with E-state index in [1.54, 1.807) is 13.8 Å². The molecule has 0 heterocycles. The lowest BCUT2D eigenvalue weighted by molar-refractivity contribution is -0.168. The highest BCUT2D eigenvalue weighted by Gasteiger charge is 2.29. The third-order valence-electron chi connectivity index (χ3n) is 2.66. The number of ether oxygens (including phenoxy) is 2. The minimum absolute atomic E-state index is 0.173. The Morgan fingerprint density at radius 2 is 1.94 bits per heavy atom. The van der Waals surface area contributed by atoms with Crippen molar-refractivity contribution >= 4 is 11.9 Å². The van der Waals surface area contributed by atoms with Crippen LogP contribution in [0.15, 0.2) is 12.2 Å². The fourth-order valence-electron chi connectivity index (χ4n) is 0.871. The molecule has 0 bridgehead atoms. The number of carbonyl (C=O) groups is 2. The molecule has 1 atom stereocenters. The van der Waals surface area contributed by atoms with Crippen LogP contribution in [0.25, 0.3) is 0 Å². The summed E-state index contributed by atoms with van der Waals surface area (Å²) in [6.07, 6.45) is -0.221. The lowest BCUT2D eigenvalue weighted by atomic mass is 9.90. The van der Waals surface area contributed by atoms with Gasteiger partial charge in [-0.2, -0.15) is 0 Å². The molecule has 0 amide bonds. The molecule has 0 aromatic rings. The number of hydrogen-bond acceptors (Lipinski definition) is 5. The Hall–Kier alpha value is -1.36. The quantitative estimate of drug-likeness (QED) is 0.552. The molecular formula is C13H22O5. The van der Waals surface area contributed by atoms with E-state index in [0.29, 0.717) is 6.42 Å². The van der Waals surface area contributed by atoms with Crippen molar-refractivity contribution < 1.29 is 24.2 Å². The van der Waals surface area contributed by atoms with Crippen molar-refractivity contribution in [3.63, 3.8) is 0 Å². The average Bonchev–Trinajstić information content (AvgIpc) is 2.33. The molecule has 18 heavy (non-hydrogen) atoms. The van der Waals surface area contributed by atoms with E-state index < -0.39 is 30.1 Å². The van der Waals surface area contributed by atoms with Crippen LogP contribution in [0.4, 0.5) is 0 Å². The fraction of sp³-hybridized carbons (Fsp3) is 0.692. The first-order chi connectivity index (χ1) is 8.24. The third kappa shape index (κ3) is 5.31. The highest BCUT2D eigenvalue weighted by atomic mass is 16.6. The molecule has 0 saturated carbocycles. The van der Waals surface area contributed by atoms with Crippen molar-refractivity contribution in [1.29, 1.82) is 0 Å². The summed E-state index contributed by atoms with van der Waals surface area (Å²) in [7, 11) is 0. The number of aliphatic hydroxyl groups is 1. The van der Waals surface area contributed by atoms with Gasteiger partial charge in [0.2, 0.25) is 0 Å². The first-order valence-corrected chi connectivity index (χ1v) is 5.89. The van der Waals surface area contributed by atoms with E-state index in [1.807, 2.05) is 6.92 Å². The molecule has 1 N–H and O–H groups in total. The van der Waals surface area contributed by atoms with Crippen LogP contribution in [0.3, 0.4) is 0 Å². The Bertz CT molecular complexity index is 319. The number of esters is 2. The average molecular weight is 258 g/mol. The second-order valence-corrected chi connectivity index (χ2v) is 4.83. The van der Waals surface area contributed by atoms with E-state index in [1.165, 1.54) is 6.92 Å². The summed E-state index contributed by atoms with van der Waals surface area (Å²) in [6.45, 7) is 9.76. The lowest BCUT2D eigenvalue weighted by Gasteiger charge is -2.24. The van der Waals surface area contributed by atoms with Crippen molar-refractivity contribution in [2.45, 2.75) is 40.2 Å². The van der Waals surface area contributed by atoms with Gasteiger partial charge in [0, 0.05) is 5.57 Å². The van der Waals surface area contributed by atoms with Crippen LogP contribution in [-0.2, 0) is 19.1 Å². The monoisotopic (exact) mass is 258 g/mol. The molecule has 0 rings (SSSR count). The van der Waals surface area contributed by atoms with Gasteiger partial charge in [-0.3, -0.25) is 4.79 Å². The van der Waals surface area contributed by atoms with Crippen molar-refractivity contribution in [2.24, 2.45) is 5.41 Å². The van der Waals surface area contributed by atoms with Gasteiger partial charge in [0.15, 0.2) is 6.10 Å². The molecular weight excluding hydrogens is 236 g/mol. The second-order valence-electron chi connectivity index (χ2n) is 4.83. The summed E-state index contributed by atoms with van der Waals surface area (Å²) in [6, 6.07) is 0. The van der Waals surface area contributed by atoms with Crippen LogP contribution >= 0.6 is 0 Å². The maximum Gasteiger partial charge on any atom is 0.333 e. The summed E-state index contributed by atoms with van der Waals surface area (Å²) in [5, 5.41) is 9.07. The van der Waals surface area contributed by atoms with Gasteiger partial charge >= 0.3 is 11.9 Å². The standard InChI is InChI=1S/C13H22O5/c1-6-13(4,5)12(16)18-10(7-14)8-17-11(15)9(2)3/h10,14H,2,6-8H2,1,3-5H3. The normalized spacial score (nSPS) is 12.7. The van der Waals surface area contributed by atoms with Crippen LogP contribution in [0.5, 0.6) is 0 Å². The molecule has 0 spiro atoms. The van der Waals surface area contributed by atoms with E-state index in [2.05, 4.69) is 6.58 Å². The van der Waals surface area contributed by atoms with E-state index >= 15 is 0 Å². The largest absolute Gasteiger partial charge is 0.458 e. The van der Waals surface area contributed by atoms with Crippen molar-refractivity contribution in [2.75, 3.05) is 13.2 Å². The molecule has 1 unspecified atom stereocenters. The Kier molecular flexibility index (Phi) is 6.62. The summed E-state index contributed by atoms with van der Waals surface area (Å²) in [5.41, 5.74) is -0.363. The van der Waals surface area contributed by atoms with E-state index in [-0.39, 0.29) is 12.2 Å². The molecule has 0 radical (unpaired) electrons. The molecule has 5 heteroatoms. The number of aliphatic hydroxyl groups excluding tert-OH is 1. The molecule has 104 valence electrons. The fourth-order valence-corrected chi connectivity index (χ4v) is 0.871. The van der Waals surface area contributed by atoms with Crippen LogP contribution < -0.4 is 0 Å². The minimum Gasteiger partial charge on any atom is -0.458 e. The van der Waals surface area contributed by atoms with Gasteiger partial charge in [-0.15, -0.1) is 0 Å².